The molecule has 7 heteroatoms. The van der Waals surface area contributed by atoms with E-state index in [1.165, 1.54) is 19.3 Å². The Hall–Kier alpha value is -2.74. The van der Waals surface area contributed by atoms with Crippen LogP contribution in [-0.4, -0.2) is 40.4 Å². The normalized spacial score (nSPS) is 12.3. The van der Waals surface area contributed by atoms with E-state index in [1.807, 2.05) is 42.5 Å². The molecule has 1 atom stereocenters. The topological polar surface area (TPSA) is 111 Å². The largest absolute Gasteiger partial charge is 0.388 e. The summed E-state index contributed by atoms with van der Waals surface area (Å²) in [5.41, 5.74) is 2.60. The van der Waals surface area contributed by atoms with Crippen LogP contribution in [0, 0.1) is 0 Å². The molecule has 0 aliphatic heterocycles. The first-order valence-electron chi connectivity index (χ1n) is 8.16. The van der Waals surface area contributed by atoms with E-state index in [9.17, 15) is 14.7 Å². The van der Waals surface area contributed by atoms with Gasteiger partial charge < -0.3 is 10.4 Å². The summed E-state index contributed by atoms with van der Waals surface area (Å²) in [6.45, 7) is 2.79. The van der Waals surface area contributed by atoms with Crippen molar-refractivity contribution in [2.45, 2.75) is 25.5 Å². The van der Waals surface area contributed by atoms with Crippen LogP contribution in [0.25, 0.3) is 11.1 Å². The van der Waals surface area contributed by atoms with Crippen LogP contribution in [0.15, 0.2) is 54.6 Å². The Morgan fingerprint density at radius 2 is 1.58 bits per heavy atom. The Bertz CT molecular complexity index is 740. The molecule has 0 fully saturated rings. The number of amides is 2. The second-order valence-corrected chi connectivity index (χ2v) is 6.39. The number of rotatable bonds is 7. The Labute approximate surface area is 152 Å². The van der Waals surface area contributed by atoms with Gasteiger partial charge in [0.25, 0.3) is 11.8 Å². The summed E-state index contributed by atoms with van der Waals surface area (Å²) in [5.74, 6) is -1.12. The molecule has 2 aromatic rings. The minimum atomic E-state index is -1.42. The highest BCUT2D eigenvalue weighted by Crippen LogP contribution is 2.19. The molecule has 0 saturated heterocycles. The number of benzene rings is 2. The maximum absolute atomic E-state index is 12.2. The summed E-state index contributed by atoms with van der Waals surface area (Å²) in [7, 11) is 0. The van der Waals surface area contributed by atoms with Gasteiger partial charge in [0.05, 0.1) is 12.3 Å². The molecule has 7 nitrogen and oxygen atoms in total. The molecule has 0 unspecified atom stereocenters. The number of hydrogen-bond donors (Lipinski definition) is 5. The molecule has 2 aromatic carbocycles. The number of carbonyl (C=O) groups is 2. The smallest absolute Gasteiger partial charge is 0.263 e. The zero-order valence-electron chi connectivity index (χ0n) is 14.7. The summed E-state index contributed by atoms with van der Waals surface area (Å²) < 4.78 is 0. The van der Waals surface area contributed by atoms with Gasteiger partial charge in [0.15, 0.2) is 0 Å². The molecular formula is C19H23N3O4. The lowest BCUT2D eigenvalue weighted by Gasteiger charge is -2.28. The van der Waals surface area contributed by atoms with Gasteiger partial charge in [-0.1, -0.05) is 42.5 Å². The average molecular weight is 357 g/mol. The van der Waals surface area contributed by atoms with Gasteiger partial charge in [-0.05, 0) is 37.1 Å². The predicted octanol–water partition coefficient (Wildman–Crippen LogP) is 1.28. The van der Waals surface area contributed by atoms with E-state index in [4.69, 9.17) is 5.21 Å². The number of aliphatic hydroxyl groups is 1. The van der Waals surface area contributed by atoms with Crippen molar-refractivity contribution in [3.63, 3.8) is 0 Å². The predicted molar refractivity (Wildman–Crippen MR) is 97.4 cm³/mol. The van der Waals surface area contributed by atoms with E-state index < -0.39 is 17.6 Å². The van der Waals surface area contributed by atoms with Gasteiger partial charge in [-0.2, -0.15) is 0 Å². The SMILES string of the molecule is CC(C)(O)[C@H](NCNC(=O)c1ccc(-c2ccccc2)cc1)C(=O)NO. The monoisotopic (exact) mass is 357 g/mol. The lowest BCUT2D eigenvalue weighted by atomic mass is 9.98. The zero-order chi connectivity index (χ0) is 19.2. The van der Waals surface area contributed by atoms with Gasteiger partial charge in [0.2, 0.25) is 0 Å². The molecule has 0 spiro atoms. The molecule has 26 heavy (non-hydrogen) atoms. The quantitative estimate of drug-likeness (QED) is 0.291. The van der Waals surface area contributed by atoms with E-state index >= 15 is 0 Å². The minimum Gasteiger partial charge on any atom is -0.388 e. The van der Waals surface area contributed by atoms with E-state index in [2.05, 4.69) is 10.6 Å². The van der Waals surface area contributed by atoms with E-state index in [0.29, 0.717) is 5.56 Å². The molecule has 0 bridgehead atoms. The molecular weight excluding hydrogens is 334 g/mol. The van der Waals surface area contributed by atoms with Crippen molar-refractivity contribution in [3.05, 3.63) is 60.2 Å². The van der Waals surface area contributed by atoms with E-state index in [-0.39, 0.29) is 12.6 Å². The summed E-state index contributed by atoms with van der Waals surface area (Å²) >= 11 is 0. The summed E-state index contributed by atoms with van der Waals surface area (Å²) in [6.07, 6.45) is 0. The zero-order valence-corrected chi connectivity index (χ0v) is 14.7. The molecule has 2 amide bonds. The third kappa shape index (κ3) is 5.13. The molecule has 0 aromatic heterocycles. The average Bonchev–Trinajstić information content (AvgIpc) is 2.64. The van der Waals surface area contributed by atoms with Crippen LogP contribution in [0.1, 0.15) is 24.2 Å². The highest BCUT2D eigenvalue weighted by atomic mass is 16.5. The van der Waals surface area contributed by atoms with Crippen LogP contribution in [-0.2, 0) is 4.79 Å². The van der Waals surface area contributed by atoms with Crippen molar-refractivity contribution >= 4 is 11.8 Å². The van der Waals surface area contributed by atoms with Crippen LogP contribution in [0.5, 0.6) is 0 Å². The fourth-order valence-electron chi connectivity index (χ4n) is 2.51. The Morgan fingerprint density at radius 1 is 1.00 bits per heavy atom. The highest BCUT2D eigenvalue weighted by molar-refractivity contribution is 5.94. The standard InChI is InChI=1S/C19H23N3O4/c1-19(2,25)16(18(24)22-26)20-12-21-17(23)15-10-8-14(9-11-15)13-6-4-3-5-7-13/h3-11,16,20,25-26H,12H2,1-2H3,(H,21,23)(H,22,24)/t16-/m1/s1. The summed E-state index contributed by atoms with van der Waals surface area (Å²) in [6, 6.07) is 15.9. The lowest BCUT2D eigenvalue weighted by molar-refractivity contribution is -0.137. The Kier molecular flexibility index (Phi) is 6.46. The fraction of sp³-hybridized carbons (Fsp3) is 0.263. The van der Waals surface area contributed by atoms with Crippen LogP contribution in [0.4, 0.5) is 0 Å². The van der Waals surface area contributed by atoms with Gasteiger partial charge >= 0.3 is 0 Å². The van der Waals surface area contributed by atoms with Crippen LogP contribution >= 0.6 is 0 Å². The molecule has 2 rings (SSSR count). The molecule has 5 N–H and O–H groups in total. The molecule has 0 heterocycles. The summed E-state index contributed by atoms with van der Waals surface area (Å²) in [5, 5.41) is 24.0. The molecule has 0 saturated carbocycles. The minimum absolute atomic E-state index is 0.0542. The summed E-state index contributed by atoms with van der Waals surface area (Å²) in [4.78, 5) is 23.8. The van der Waals surface area contributed by atoms with Crippen molar-refractivity contribution in [3.8, 4) is 11.1 Å². The van der Waals surface area contributed by atoms with Gasteiger partial charge in [-0.3, -0.25) is 20.1 Å². The fourth-order valence-corrected chi connectivity index (χ4v) is 2.51. The molecule has 0 aliphatic carbocycles. The van der Waals surface area contributed by atoms with Crippen molar-refractivity contribution in [2.75, 3.05) is 6.67 Å². The number of hydrogen-bond acceptors (Lipinski definition) is 5. The number of carbonyl (C=O) groups excluding carboxylic acids is 2. The number of nitrogens with one attached hydrogen (secondary N) is 3. The third-order valence-corrected chi connectivity index (χ3v) is 3.89. The maximum atomic E-state index is 12.2. The Morgan fingerprint density at radius 3 is 2.12 bits per heavy atom. The van der Waals surface area contributed by atoms with Gasteiger partial charge in [0, 0.05) is 5.56 Å². The second-order valence-electron chi connectivity index (χ2n) is 6.39. The van der Waals surface area contributed by atoms with Gasteiger partial charge in [-0.15, -0.1) is 0 Å². The Balaban J connectivity index is 1.94. The van der Waals surface area contributed by atoms with E-state index in [1.54, 1.807) is 12.1 Å². The molecule has 138 valence electrons. The van der Waals surface area contributed by atoms with Crippen LogP contribution in [0.2, 0.25) is 0 Å². The molecule has 0 aliphatic rings. The first-order chi connectivity index (χ1) is 12.3. The molecule has 0 radical (unpaired) electrons. The first kappa shape index (κ1) is 19.6. The lowest BCUT2D eigenvalue weighted by Crippen LogP contribution is -2.57. The van der Waals surface area contributed by atoms with Crippen molar-refractivity contribution < 1.29 is 19.9 Å². The van der Waals surface area contributed by atoms with Crippen LogP contribution < -0.4 is 16.1 Å². The second kappa shape index (κ2) is 8.57. The van der Waals surface area contributed by atoms with Crippen LogP contribution in [0.3, 0.4) is 0 Å². The van der Waals surface area contributed by atoms with Gasteiger partial charge in [0.1, 0.15) is 6.04 Å². The van der Waals surface area contributed by atoms with Crippen molar-refractivity contribution in [2.24, 2.45) is 0 Å². The number of hydroxylamine groups is 1. The highest BCUT2D eigenvalue weighted by Gasteiger charge is 2.32. The first-order valence-corrected chi connectivity index (χ1v) is 8.16. The van der Waals surface area contributed by atoms with Crippen molar-refractivity contribution in [1.82, 2.24) is 16.1 Å². The maximum Gasteiger partial charge on any atom is 0.263 e. The third-order valence-electron chi connectivity index (χ3n) is 3.89. The van der Waals surface area contributed by atoms with Crippen molar-refractivity contribution in [1.29, 1.82) is 0 Å². The van der Waals surface area contributed by atoms with E-state index in [0.717, 1.165) is 11.1 Å². The van der Waals surface area contributed by atoms with Gasteiger partial charge in [-0.25, -0.2) is 5.48 Å².